The molecular formula is C14H18ClN3O2. The topological polar surface area (TPSA) is 76.4 Å². The highest BCUT2D eigenvalue weighted by atomic mass is 35.5. The Bertz CT molecular complexity index is 542. The van der Waals surface area contributed by atoms with Crippen LogP contribution in [0.5, 0.6) is 5.75 Å². The van der Waals surface area contributed by atoms with Crippen LogP contribution in [0.1, 0.15) is 28.8 Å². The van der Waals surface area contributed by atoms with Crippen LogP contribution in [0.15, 0.2) is 6.07 Å². The summed E-state index contributed by atoms with van der Waals surface area (Å²) in [6.45, 7) is 2.19. The number of nitrogens with one attached hydrogen (secondary N) is 2. The number of anilines is 1. The summed E-state index contributed by atoms with van der Waals surface area (Å²) in [5.41, 5.74) is 7.77. The van der Waals surface area contributed by atoms with Crippen molar-refractivity contribution in [2.24, 2.45) is 0 Å². The highest BCUT2D eigenvalue weighted by Crippen LogP contribution is 2.38. The number of nitrogens with two attached hydrogens (primary N) is 1. The van der Waals surface area contributed by atoms with Gasteiger partial charge in [0.15, 0.2) is 0 Å². The molecule has 0 spiro atoms. The third-order valence-electron chi connectivity index (χ3n) is 3.89. The molecule has 0 aromatic heterocycles. The van der Waals surface area contributed by atoms with Gasteiger partial charge < -0.3 is 21.1 Å². The molecule has 1 aromatic rings. The molecule has 1 amide bonds. The highest BCUT2D eigenvalue weighted by molar-refractivity contribution is 6.33. The van der Waals surface area contributed by atoms with Crippen molar-refractivity contribution in [1.29, 1.82) is 0 Å². The van der Waals surface area contributed by atoms with E-state index in [1.807, 2.05) is 0 Å². The fourth-order valence-electron chi connectivity index (χ4n) is 2.78. The Balaban J connectivity index is 1.77. The number of rotatable bonds is 3. The standard InChI is InChI=1S/C14H18ClN3O2/c15-11-6-10(13-9(12(11)16)3-5-20-13)14(19)18-7-8-2-1-4-17-8/h6,8,17H,1-5,7,16H2,(H,18,19). The largest absolute Gasteiger partial charge is 0.492 e. The lowest BCUT2D eigenvalue weighted by Crippen LogP contribution is -2.37. The van der Waals surface area contributed by atoms with Crippen LogP contribution >= 0.6 is 11.6 Å². The van der Waals surface area contributed by atoms with Gasteiger partial charge in [-0.25, -0.2) is 0 Å². The van der Waals surface area contributed by atoms with Gasteiger partial charge in [-0.1, -0.05) is 11.6 Å². The van der Waals surface area contributed by atoms with Crippen molar-refractivity contribution >= 4 is 23.2 Å². The third kappa shape index (κ3) is 2.43. The van der Waals surface area contributed by atoms with Crippen LogP contribution in [0.4, 0.5) is 5.69 Å². The Hall–Kier alpha value is -1.46. The maximum Gasteiger partial charge on any atom is 0.255 e. The van der Waals surface area contributed by atoms with Crippen LogP contribution < -0.4 is 21.1 Å². The third-order valence-corrected chi connectivity index (χ3v) is 4.20. The molecule has 3 rings (SSSR count). The first-order chi connectivity index (χ1) is 9.66. The van der Waals surface area contributed by atoms with E-state index >= 15 is 0 Å². The van der Waals surface area contributed by atoms with Crippen LogP contribution in [0.2, 0.25) is 5.02 Å². The summed E-state index contributed by atoms with van der Waals surface area (Å²) in [5, 5.41) is 6.70. The van der Waals surface area contributed by atoms with Crippen molar-refractivity contribution in [3.63, 3.8) is 0 Å². The van der Waals surface area contributed by atoms with Crippen LogP contribution in [-0.2, 0) is 6.42 Å². The number of amides is 1. The van der Waals surface area contributed by atoms with Gasteiger partial charge in [0.05, 0.1) is 22.9 Å². The quantitative estimate of drug-likeness (QED) is 0.736. The molecule has 0 saturated carbocycles. The molecular weight excluding hydrogens is 278 g/mol. The van der Waals surface area contributed by atoms with Gasteiger partial charge in [-0.05, 0) is 25.5 Å². The second-order valence-corrected chi connectivity index (χ2v) is 5.64. The van der Waals surface area contributed by atoms with E-state index in [2.05, 4.69) is 10.6 Å². The van der Waals surface area contributed by atoms with Gasteiger partial charge >= 0.3 is 0 Å². The first-order valence-corrected chi connectivity index (χ1v) is 7.30. The lowest BCUT2D eigenvalue weighted by molar-refractivity contribution is 0.0947. The maximum atomic E-state index is 12.3. The molecule has 2 heterocycles. The van der Waals surface area contributed by atoms with Crippen molar-refractivity contribution in [1.82, 2.24) is 10.6 Å². The molecule has 1 fully saturated rings. The van der Waals surface area contributed by atoms with Crippen LogP contribution in [0, 0.1) is 0 Å². The van der Waals surface area contributed by atoms with Gasteiger partial charge in [0.2, 0.25) is 0 Å². The Labute approximate surface area is 122 Å². The molecule has 2 aliphatic rings. The molecule has 5 nitrogen and oxygen atoms in total. The molecule has 1 atom stereocenters. The number of carbonyl (C=O) groups is 1. The number of ether oxygens (including phenoxy) is 1. The summed E-state index contributed by atoms with van der Waals surface area (Å²) in [7, 11) is 0. The summed E-state index contributed by atoms with van der Waals surface area (Å²) in [6.07, 6.45) is 2.95. The molecule has 2 aliphatic heterocycles. The second kappa shape index (κ2) is 5.50. The van der Waals surface area contributed by atoms with Gasteiger partial charge in [0.1, 0.15) is 5.75 Å². The average molecular weight is 296 g/mol. The molecule has 4 N–H and O–H groups in total. The Kier molecular flexibility index (Phi) is 3.72. The van der Waals surface area contributed by atoms with E-state index in [0.29, 0.717) is 47.6 Å². The first kappa shape index (κ1) is 13.5. The van der Waals surface area contributed by atoms with Crippen molar-refractivity contribution in [2.75, 3.05) is 25.4 Å². The predicted octanol–water partition coefficient (Wildman–Crippen LogP) is 1.34. The highest BCUT2D eigenvalue weighted by Gasteiger charge is 2.25. The molecule has 1 unspecified atom stereocenters. The van der Waals surface area contributed by atoms with Crippen LogP contribution in [-0.4, -0.2) is 31.6 Å². The number of carbonyl (C=O) groups excluding carboxylic acids is 1. The second-order valence-electron chi connectivity index (χ2n) is 5.23. The number of nitrogen functional groups attached to an aromatic ring is 1. The molecule has 6 heteroatoms. The zero-order valence-electron chi connectivity index (χ0n) is 11.2. The number of hydrogen-bond donors (Lipinski definition) is 3. The first-order valence-electron chi connectivity index (χ1n) is 6.92. The average Bonchev–Trinajstić information content (AvgIpc) is 3.10. The van der Waals surface area contributed by atoms with Gasteiger partial charge in [-0.2, -0.15) is 0 Å². The van der Waals surface area contributed by atoms with Crippen molar-refractivity contribution < 1.29 is 9.53 Å². The van der Waals surface area contributed by atoms with Crippen LogP contribution in [0.3, 0.4) is 0 Å². The van der Waals surface area contributed by atoms with E-state index in [1.54, 1.807) is 6.07 Å². The normalized spacial score (nSPS) is 20.6. The number of hydrogen-bond acceptors (Lipinski definition) is 4. The predicted molar refractivity (Wildman–Crippen MR) is 78.4 cm³/mol. The monoisotopic (exact) mass is 295 g/mol. The molecule has 1 saturated heterocycles. The molecule has 0 aliphatic carbocycles. The smallest absolute Gasteiger partial charge is 0.255 e. The molecule has 1 aromatic carbocycles. The van der Waals surface area contributed by atoms with Crippen molar-refractivity contribution in [3.8, 4) is 5.75 Å². The van der Waals surface area contributed by atoms with E-state index in [0.717, 1.165) is 24.9 Å². The Morgan fingerprint density at radius 3 is 3.20 bits per heavy atom. The fourth-order valence-corrected chi connectivity index (χ4v) is 3.00. The zero-order valence-corrected chi connectivity index (χ0v) is 11.9. The van der Waals surface area contributed by atoms with E-state index in [1.165, 1.54) is 0 Å². The van der Waals surface area contributed by atoms with Crippen molar-refractivity contribution in [2.45, 2.75) is 25.3 Å². The maximum absolute atomic E-state index is 12.3. The van der Waals surface area contributed by atoms with Gasteiger partial charge in [0.25, 0.3) is 5.91 Å². The Morgan fingerprint density at radius 2 is 2.45 bits per heavy atom. The van der Waals surface area contributed by atoms with Crippen molar-refractivity contribution in [3.05, 3.63) is 22.2 Å². The summed E-state index contributed by atoms with van der Waals surface area (Å²) in [6, 6.07) is 1.95. The zero-order chi connectivity index (χ0) is 14.1. The summed E-state index contributed by atoms with van der Waals surface area (Å²) < 4.78 is 5.54. The molecule has 20 heavy (non-hydrogen) atoms. The number of halogens is 1. The number of benzene rings is 1. The molecule has 0 bridgehead atoms. The lowest BCUT2D eigenvalue weighted by atomic mass is 10.0. The van der Waals surface area contributed by atoms with E-state index in [9.17, 15) is 4.79 Å². The summed E-state index contributed by atoms with van der Waals surface area (Å²) >= 11 is 6.10. The van der Waals surface area contributed by atoms with Gasteiger partial charge in [-0.3, -0.25) is 4.79 Å². The summed E-state index contributed by atoms with van der Waals surface area (Å²) in [5.74, 6) is 0.433. The summed E-state index contributed by atoms with van der Waals surface area (Å²) in [4.78, 5) is 12.3. The molecule has 0 radical (unpaired) electrons. The fraction of sp³-hybridized carbons (Fsp3) is 0.500. The molecule has 108 valence electrons. The minimum Gasteiger partial charge on any atom is -0.492 e. The van der Waals surface area contributed by atoms with Gasteiger partial charge in [0, 0.05) is 24.6 Å². The van der Waals surface area contributed by atoms with E-state index < -0.39 is 0 Å². The van der Waals surface area contributed by atoms with Crippen LogP contribution in [0.25, 0.3) is 0 Å². The lowest BCUT2D eigenvalue weighted by Gasteiger charge is -2.14. The Morgan fingerprint density at radius 1 is 1.60 bits per heavy atom. The minimum atomic E-state index is -0.154. The SMILES string of the molecule is Nc1c(Cl)cc(C(=O)NCC2CCCN2)c2c1CCO2. The number of fused-ring (bicyclic) bond motifs is 1. The van der Waals surface area contributed by atoms with Gasteiger partial charge in [-0.15, -0.1) is 0 Å². The van der Waals surface area contributed by atoms with E-state index in [-0.39, 0.29) is 5.91 Å². The minimum absolute atomic E-state index is 0.154. The van der Waals surface area contributed by atoms with E-state index in [4.69, 9.17) is 22.1 Å².